The zero-order valence-corrected chi connectivity index (χ0v) is 23.0. The van der Waals surface area contributed by atoms with E-state index >= 15 is 0 Å². The Hall–Kier alpha value is -1.96. The van der Waals surface area contributed by atoms with Crippen molar-refractivity contribution in [3.63, 3.8) is 0 Å². The Kier molecular flexibility index (Phi) is 7.42. The molecule has 2 aromatic heterocycles. The molecule has 3 saturated heterocycles. The summed E-state index contributed by atoms with van der Waals surface area (Å²) in [6.45, 7) is 6.46. The Labute approximate surface area is 226 Å². The number of rotatable bonds is 7. The number of aromatic nitrogens is 3. The quantitative estimate of drug-likeness (QED) is 0.476. The van der Waals surface area contributed by atoms with Crippen LogP contribution in [0.2, 0.25) is 5.02 Å². The zero-order chi connectivity index (χ0) is 26.4. The lowest BCUT2D eigenvalue weighted by Crippen LogP contribution is -2.55. The molecular weight excluding hydrogens is 536 g/mol. The van der Waals surface area contributed by atoms with Gasteiger partial charge in [-0.05, 0) is 18.9 Å². The van der Waals surface area contributed by atoms with Gasteiger partial charge in [0.25, 0.3) is 0 Å². The van der Waals surface area contributed by atoms with Crippen LogP contribution in [-0.4, -0.2) is 84.9 Å². The van der Waals surface area contributed by atoms with Crippen molar-refractivity contribution in [1.29, 1.82) is 0 Å². The number of hydrogen-bond acceptors (Lipinski definition) is 11. The van der Waals surface area contributed by atoms with E-state index in [4.69, 9.17) is 22.1 Å². The summed E-state index contributed by atoms with van der Waals surface area (Å²) in [6.07, 6.45) is 7.98. The zero-order valence-electron chi connectivity index (χ0n) is 20.6. The number of aliphatic hydroxyl groups excluding tert-OH is 1. The van der Waals surface area contributed by atoms with E-state index in [1.54, 1.807) is 24.5 Å². The van der Waals surface area contributed by atoms with Gasteiger partial charge in [0.2, 0.25) is 0 Å². The van der Waals surface area contributed by atoms with Gasteiger partial charge in [0.1, 0.15) is 16.5 Å². The number of piperidine rings is 1. The first kappa shape index (κ1) is 26.6. The number of pyridine rings is 1. The van der Waals surface area contributed by atoms with Gasteiger partial charge in [-0.25, -0.2) is 23.4 Å². The highest BCUT2D eigenvalue weighted by Gasteiger charge is 2.48. The minimum atomic E-state index is -3.09. The van der Waals surface area contributed by atoms with Crippen LogP contribution in [0.3, 0.4) is 0 Å². The summed E-state index contributed by atoms with van der Waals surface area (Å²) >= 11 is 7.97. The summed E-state index contributed by atoms with van der Waals surface area (Å²) in [6, 6.07) is 1.71. The number of ether oxygens (including phenoxy) is 1. The predicted octanol–water partition coefficient (Wildman–Crippen LogP) is 1.90. The van der Waals surface area contributed by atoms with Gasteiger partial charge in [-0.1, -0.05) is 29.4 Å². The van der Waals surface area contributed by atoms with E-state index in [0.717, 1.165) is 30.8 Å². The number of aliphatic hydroxyl groups is 1. The Morgan fingerprint density at radius 3 is 2.65 bits per heavy atom. The highest BCUT2D eigenvalue weighted by Crippen LogP contribution is 2.43. The molecule has 5 rings (SSSR count). The molecule has 37 heavy (non-hydrogen) atoms. The molecule has 5 heterocycles. The van der Waals surface area contributed by atoms with Crippen molar-refractivity contribution in [3.05, 3.63) is 41.8 Å². The van der Waals surface area contributed by atoms with Gasteiger partial charge in [0, 0.05) is 55.0 Å². The summed E-state index contributed by atoms with van der Waals surface area (Å²) in [5, 5.41) is 10.7. The molecule has 0 bridgehead atoms. The first-order valence-corrected chi connectivity index (χ1v) is 15.3. The third kappa shape index (κ3) is 5.07. The second-order valence-corrected chi connectivity index (χ2v) is 13.7. The lowest BCUT2D eigenvalue weighted by molar-refractivity contribution is 0.109. The van der Waals surface area contributed by atoms with Gasteiger partial charge in [0.05, 0.1) is 35.8 Å². The smallest absolute Gasteiger partial charge is 0.153 e. The molecule has 1 spiro atoms. The van der Waals surface area contributed by atoms with Crippen molar-refractivity contribution < 1.29 is 18.3 Å². The molecule has 0 saturated carbocycles. The highest BCUT2D eigenvalue weighted by atomic mass is 35.5. The summed E-state index contributed by atoms with van der Waals surface area (Å²) in [5.74, 6) is 1.22. The number of nitrogens with zero attached hydrogens (tertiary/aromatic N) is 5. The second-order valence-electron chi connectivity index (χ2n) is 9.93. The molecule has 3 aliphatic rings. The van der Waals surface area contributed by atoms with Crippen molar-refractivity contribution in [3.8, 4) is 0 Å². The third-order valence-electron chi connectivity index (χ3n) is 7.67. The average molecular weight is 567 g/mol. The van der Waals surface area contributed by atoms with Crippen LogP contribution in [0.5, 0.6) is 0 Å². The fraction of sp³-hybridized carbons (Fsp3) is 0.542. The Balaban J connectivity index is 1.28. The van der Waals surface area contributed by atoms with E-state index < -0.39 is 15.1 Å². The fourth-order valence-electron chi connectivity index (χ4n) is 5.20. The molecular formula is C24H31ClN6O4S2. The topological polar surface area (TPSA) is 135 Å². The van der Waals surface area contributed by atoms with E-state index in [0.29, 0.717) is 47.1 Å². The van der Waals surface area contributed by atoms with Crippen LogP contribution in [0, 0.1) is 5.41 Å². The maximum Gasteiger partial charge on any atom is 0.153 e. The van der Waals surface area contributed by atoms with Gasteiger partial charge in [0.15, 0.2) is 15.7 Å². The average Bonchev–Trinajstić information content (AvgIpc) is 3.15. The second kappa shape index (κ2) is 10.3. The molecule has 0 amide bonds. The van der Waals surface area contributed by atoms with Crippen molar-refractivity contribution in [2.45, 2.75) is 46.8 Å². The number of anilines is 2. The van der Waals surface area contributed by atoms with Crippen LogP contribution in [0.4, 0.5) is 11.6 Å². The summed E-state index contributed by atoms with van der Waals surface area (Å²) in [7, 11) is -3.09. The number of hydrogen-bond donors (Lipinski definition) is 2. The third-order valence-corrected chi connectivity index (χ3v) is 10.6. The fourth-order valence-corrected chi connectivity index (χ4v) is 7.24. The van der Waals surface area contributed by atoms with Gasteiger partial charge in [-0.15, -0.1) is 6.58 Å². The summed E-state index contributed by atoms with van der Waals surface area (Å²) < 4.78 is 29.4. The number of nitrogens with two attached hydrogens (primary N) is 1. The van der Waals surface area contributed by atoms with Gasteiger partial charge >= 0.3 is 0 Å². The first-order chi connectivity index (χ1) is 17.6. The SMILES string of the molecule is C=C[C@@H]1OCC2(CCN(c3ncc(Sc4ccnc(N5CC(S(C)(=O)=O)C5)c4Cl)nc3CO)CC2)[C@@H]1N. The van der Waals surface area contributed by atoms with Crippen molar-refractivity contribution in [2.24, 2.45) is 11.1 Å². The monoisotopic (exact) mass is 566 g/mol. The van der Waals surface area contributed by atoms with Crippen LogP contribution in [0.15, 0.2) is 41.0 Å². The molecule has 200 valence electrons. The van der Waals surface area contributed by atoms with E-state index in [9.17, 15) is 13.5 Å². The van der Waals surface area contributed by atoms with Crippen LogP contribution in [0.1, 0.15) is 18.5 Å². The van der Waals surface area contributed by atoms with E-state index in [2.05, 4.69) is 26.4 Å². The molecule has 0 aliphatic carbocycles. The summed E-state index contributed by atoms with van der Waals surface area (Å²) in [5.41, 5.74) is 6.92. The molecule has 3 N–H and O–H groups in total. The number of sulfone groups is 1. The van der Waals surface area contributed by atoms with Crippen molar-refractivity contribution in [2.75, 3.05) is 48.8 Å². The molecule has 0 radical (unpaired) electrons. The Bertz CT molecular complexity index is 1280. The molecule has 0 aromatic carbocycles. The molecule has 10 nitrogen and oxygen atoms in total. The highest BCUT2D eigenvalue weighted by molar-refractivity contribution is 7.99. The minimum Gasteiger partial charge on any atom is -0.390 e. The maximum atomic E-state index is 11.8. The van der Waals surface area contributed by atoms with Crippen molar-refractivity contribution >= 4 is 44.8 Å². The van der Waals surface area contributed by atoms with Crippen LogP contribution >= 0.6 is 23.4 Å². The molecule has 0 unspecified atom stereocenters. The van der Waals surface area contributed by atoms with Crippen LogP contribution in [-0.2, 0) is 21.2 Å². The molecule has 2 atom stereocenters. The lowest BCUT2D eigenvalue weighted by atomic mass is 9.73. The van der Waals surface area contributed by atoms with Gasteiger partial charge < -0.3 is 25.4 Å². The molecule has 3 aliphatic heterocycles. The standard InChI is InChI=1S/C24H31ClN6O4S2/c1-3-17-21(26)24(14-35-17)5-8-30(9-6-24)22-16(13-32)29-19(10-28-22)36-18-4-7-27-23(20(18)25)31-11-15(12-31)37(2,33)34/h3-4,7,10,15,17,21,32H,1,5-6,8-9,11-14,26H2,2H3/t17-,21+/m0/s1. The Morgan fingerprint density at radius 2 is 2.03 bits per heavy atom. The summed E-state index contributed by atoms with van der Waals surface area (Å²) in [4.78, 5) is 18.4. The van der Waals surface area contributed by atoms with Gasteiger partial charge in [-0.3, -0.25) is 0 Å². The van der Waals surface area contributed by atoms with E-state index in [1.807, 2.05) is 4.90 Å². The number of halogens is 1. The largest absolute Gasteiger partial charge is 0.390 e. The Morgan fingerprint density at radius 1 is 1.30 bits per heavy atom. The molecule has 13 heteroatoms. The minimum absolute atomic E-state index is 0.0639. The molecule has 2 aromatic rings. The van der Waals surface area contributed by atoms with Crippen LogP contribution < -0.4 is 15.5 Å². The maximum absolute atomic E-state index is 11.8. The predicted molar refractivity (Wildman–Crippen MR) is 144 cm³/mol. The lowest BCUT2D eigenvalue weighted by Gasteiger charge is -2.41. The molecule has 3 fully saturated rings. The van der Waals surface area contributed by atoms with Crippen molar-refractivity contribution in [1.82, 2.24) is 15.0 Å². The van der Waals surface area contributed by atoms with E-state index in [-0.39, 0.29) is 24.2 Å². The van der Waals surface area contributed by atoms with Gasteiger partial charge in [-0.2, -0.15) is 0 Å². The van der Waals surface area contributed by atoms with E-state index in [1.165, 1.54) is 18.0 Å². The van der Waals surface area contributed by atoms with Crippen LogP contribution in [0.25, 0.3) is 0 Å². The normalized spacial score (nSPS) is 23.9. The first-order valence-electron chi connectivity index (χ1n) is 12.1.